The van der Waals surface area contributed by atoms with Gasteiger partial charge in [-0.05, 0) is 42.7 Å². The van der Waals surface area contributed by atoms with Gasteiger partial charge in [0.05, 0.1) is 11.6 Å². The minimum absolute atomic E-state index is 0.0737. The number of benzene rings is 2. The van der Waals surface area contributed by atoms with Crippen LogP contribution in [0.4, 0.5) is 0 Å². The molecule has 0 N–H and O–H groups in total. The van der Waals surface area contributed by atoms with E-state index in [4.69, 9.17) is 4.74 Å². The molecule has 1 aliphatic heterocycles. The Morgan fingerprint density at radius 1 is 0.909 bits per heavy atom. The highest BCUT2D eigenvalue weighted by Gasteiger charge is 2.40. The molecule has 0 spiro atoms. The van der Waals surface area contributed by atoms with Crippen molar-refractivity contribution in [3.8, 4) is 0 Å². The third-order valence-electron chi connectivity index (χ3n) is 6.05. The molecule has 1 amide bonds. The lowest BCUT2D eigenvalue weighted by Gasteiger charge is -2.41. The molecule has 1 aromatic heterocycles. The molecular formula is C27H26N2O4. The van der Waals surface area contributed by atoms with E-state index in [9.17, 15) is 14.4 Å². The summed E-state index contributed by atoms with van der Waals surface area (Å²) in [6.45, 7) is 1.85. The molecule has 0 saturated carbocycles. The Labute approximate surface area is 193 Å². The van der Waals surface area contributed by atoms with Crippen LogP contribution in [0.3, 0.4) is 0 Å². The second-order valence-electron chi connectivity index (χ2n) is 8.21. The van der Waals surface area contributed by atoms with E-state index in [1.165, 1.54) is 13.1 Å². The number of esters is 1. The van der Waals surface area contributed by atoms with E-state index >= 15 is 0 Å². The first kappa shape index (κ1) is 22.4. The number of pyridine rings is 1. The normalized spacial score (nSPS) is 18.9. The van der Waals surface area contributed by atoms with Gasteiger partial charge in [-0.25, -0.2) is 4.79 Å². The number of ketones is 1. The van der Waals surface area contributed by atoms with Gasteiger partial charge in [0, 0.05) is 25.6 Å². The third-order valence-corrected chi connectivity index (χ3v) is 6.05. The van der Waals surface area contributed by atoms with Crippen molar-refractivity contribution >= 4 is 17.7 Å². The molecule has 0 bridgehead atoms. The van der Waals surface area contributed by atoms with Gasteiger partial charge in [-0.2, -0.15) is 0 Å². The van der Waals surface area contributed by atoms with Gasteiger partial charge in [-0.1, -0.05) is 54.6 Å². The first-order valence-corrected chi connectivity index (χ1v) is 11.1. The number of ether oxygens (including phenoxy) is 1. The summed E-state index contributed by atoms with van der Waals surface area (Å²) in [5.41, 5.74) is 1.67. The fraction of sp³-hybridized carbons (Fsp3) is 0.259. The maximum Gasteiger partial charge on any atom is 0.338 e. The van der Waals surface area contributed by atoms with Gasteiger partial charge in [-0.15, -0.1) is 0 Å². The highest BCUT2D eigenvalue weighted by molar-refractivity contribution is 6.00. The molecular weight excluding hydrogens is 416 g/mol. The Balaban J connectivity index is 1.61. The molecule has 168 valence electrons. The molecule has 3 aromatic rings. The molecule has 33 heavy (non-hydrogen) atoms. The van der Waals surface area contributed by atoms with Crippen LogP contribution in [0.15, 0.2) is 85.1 Å². The van der Waals surface area contributed by atoms with Crippen molar-refractivity contribution in [2.75, 3.05) is 6.54 Å². The highest BCUT2D eigenvalue weighted by atomic mass is 16.5. The molecule has 1 fully saturated rings. The Hall–Kier alpha value is -3.80. The number of hydrogen-bond acceptors (Lipinski definition) is 5. The maximum atomic E-state index is 13.4. The second-order valence-corrected chi connectivity index (χ2v) is 8.21. The number of piperidine rings is 1. The lowest BCUT2D eigenvalue weighted by atomic mass is 9.84. The van der Waals surface area contributed by atoms with Gasteiger partial charge in [-0.3, -0.25) is 14.6 Å². The number of carbonyl (C=O) groups is 3. The fourth-order valence-electron chi connectivity index (χ4n) is 4.39. The van der Waals surface area contributed by atoms with E-state index < -0.39 is 12.1 Å². The van der Waals surface area contributed by atoms with E-state index in [2.05, 4.69) is 4.98 Å². The number of rotatable bonds is 6. The summed E-state index contributed by atoms with van der Waals surface area (Å²) in [7, 11) is 0. The summed E-state index contributed by atoms with van der Waals surface area (Å²) in [5, 5.41) is 0. The summed E-state index contributed by atoms with van der Waals surface area (Å²) < 4.78 is 5.79. The van der Waals surface area contributed by atoms with Crippen LogP contribution in [0.1, 0.15) is 52.2 Å². The lowest BCUT2D eigenvalue weighted by molar-refractivity contribution is -0.134. The van der Waals surface area contributed by atoms with E-state index in [1.54, 1.807) is 47.4 Å². The number of aromatic nitrogens is 1. The Morgan fingerprint density at radius 2 is 1.58 bits per heavy atom. The van der Waals surface area contributed by atoms with Crippen LogP contribution in [-0.4, -0.2) is 40.2 Å². The number of nitrogens with zero attached hydrogens (tertiary/aromatic N) is 2. The number of likely N-dealkylation sites (tertiary alicyclic amines) is 1. The second kappa shape index (κ2) is 10.2. The molecule has 6 nitrogen and oxygen atoms in total. The molecule has 0 radical (unpaired) electrons. The molecule has 1 aliphatic rings. The SMILES string of the molecule is CC(=O)N1CC(C(OC(=O)c2ccccc2)C(=O)c2ccccn2)CCC1c1ccccc1. The predicted octanol–water partition coefficient (Wildman–Crippen LogP) is 4.49. The van der Waals surface area contributed by atoms with Crippen molar-refractivity contribution in [3.63, 3.8) is 0 Å². The van der Waals surface area contributed by atoms with Crippen LogP contribution >= 0.6 is 0 Å². The average Bonchev–Trinajstić information content (AvgIpc) is 2.88. The number of amides is 1. The zero-order valence-electron chi connectivity index (χ0n) is 18.5. The van der Waals surface area contributed by atoms with Gasteiger partial charge >= 0.3 is 5.97 Å². The Kier molecular flexibility index (Phi) is 6.93. The van der Waals surface area contributed by atoms with Crippen LogP contribution < -0.4 is 0 Å². The summed E-state index contributed by atoms with van der Waals surface area (Å²) in [5.74, 6) is -1.33. The van der Waals surface area contributed by atoms with Crippen LogP contribution in [0.2, 0.25) is 0 Å². The van der Waals surface area contributed by atoms with E-state index in [1.807, 2.05) is 36.4 Å². The highest BCUT2D eigenvalue weighted by Crippen LogP contribution is 2.36. The average molecular weight is 443 g/mol. The predicted molar refractivity (Wildman–Crippen MR) is 124 cm³/mol. The Bertz CT molecular complexity index is 1100. The van der Waals surface area contributed by atoms with Gasteiger partial charge in [0.15, 0.2) is 6.10 Å². The van der Waals surface area contributed by atoms with Crippen molar-refractivity contribution < 1.29 is 19.1 Å². The van der Waals surface area contributed by atoms with Crippen LogP contribution in [0.25, 0.3) is 0 Å². The number of hydrogen-bond donors (Lipinski definition) is 0. The summed E-state index contributed by atoms with van der Waals surface area (Å²) in [6.07, 6.45) is 1.81. The van der Waals surface area contributed by atoms with Crippen molar-refractivity contribution in [1.29, 1.82) is 0 Å². The number of Topliss-reactive ketones (excluding diaryl/α,β-unsaturated/α-hetero) is 1. The monoisotopic (exact) mass is 442 g/mol. The quantitative estimate of drug-likeness (QED) is 0.415. The fourth-order valence-corrected chi connectivity index (χ4v) is 4.39. The van der Waals surface area contributed by atoms with E-state index in [0.29, 0.717) is 24.9 Å². The molecule has 1 saturated heterocycles. The first-order chi connectivity index (χ1) is 16.0. The van der Waals surface area contributed by atoms with Crippen LogP contribution in [0.5, 0.6) is 0 Å². The third kappa shape index (κ3) is 5.17. The van der Waals surface area contributed by atoms with E-state index in [-0.39, 0.29) is 29.3 Å². The topological polar surface area (TPSA) is 76.6 Å². The molecule has 3 unspecified atom stereocenters. The molecule has 2 aromatic carbocycles. The number of carbonyl (C=O) groups excluding carboxylic acids is 3. The lowest BCUT2D eigenvalue weighted by Crippen LogP contribution is -2.47. The van der Waals surface area contributed by atoms with Gasteiger partial charge in [0.1, 0.15) is 5.69 Å². The van der Waals surface area contributed by atoms with Crippen molar-refractivity contribution in [1.82, 2.24) is 9.88 Å². The minimum Gasteiger partial charge on any atom is -0.450 e. The van der Waals surface area contributed by atoms with Crippen LogP contribution in [0, 0.1) is 5.92 Å². The largest absolute Gasteiger partial charge is 0.450 e. The standard InChI is InChI=1S/C27H26N2O4/c1-19(30)29-18-22(15-16-24(29)20-10-4-2-5-11-20)26(25(31)23-14-8-9-17-28-23)33-27(32)21-12-6-3-7-13-21/h2-14,17,22,24,26H,15-16,18H2,1H3. The molecule has 4 rings (SSSR count). The van der Waals surface area contributed by atoms with Gasteiger partial charge in [0.25, 0.3) is 0 Å². The van der Waals surface area contributed by atoms with Crippen molar-refractivity contribution in [2.45, 2.75) is 31.9 Å². The molecule has 2 heterocycles. The zero-order valence-corrected chi connectivity index (χ0v) is 18.5. The van der Waals surface area contributed by atoms with E-state index in [0.717, 1.165) is 5.56 Å². The minimum atomic E-state index is -1.04. The molecule has 0 aliphatic carbocycles. The molecule has 6 heteroatoms. The first-order valence-electron chi connectivity index (χ1n) is 11.1. The van der Waals surface area contributed by atoms with Gasteiger partial charge in [0.2, 0.25) is 11.7 Å². The van der Waals surface area contributed by atoms with Crippen LogP contribution in [-0.2, 0) is 9.53 Å². The smallest absolute Gasteiger partial charge is 0.338 e. The Morgan fingerprint density at radius 3 is 2.21 bits per heavy atom. The van der Waals surface area contributed by atoms with Gasteiger partial charge < -0.3 is 9.64 Å². The van der Waals surface area contributed by atoms with Crippen molar-refractivity contribution in [2.24, 2.45) is 5.92 Å². The summed E-state index contributed by atoms with van der Waals surface area (Å²) >= 11 is 0. The molecule has 3 atom stereocenters. The summed E-state index contributed by atoms with van der Waals surface area (Å²) in [4.78, 5) is 44.8. The van der Waals surface area contributed by atoms with Crippen molar-refractivity contribution in [3.05, 3.63) is 102 Å². The summed E-state index contributed by atoms with van der Waals surface area (Å²) in [6, 6.07) is 23.5. The zero-order chi connectivity index (χ0) is 23.2. The maximum absolute atomic E-state index is 13.4.